The molecular formula is C21H28ClFN2O5. The largest absolute Gasteiger partial charge is 0.489 e. The molecule has 2 fully saturated rings. The van der Waals surface area contributed by atoms with Gasteiger partial charge in [-0.25, -0.2) is 9.18 Å². The lowest BCUT2D eigenvalue weighted by atomic mass is 10.1. The summed E-state index contributed by atoms with van der Waals surface area (Å²) in [6.07, 6.45) is -0.576. The number of hydrogen-bond donors (Lipinski definition) is 0. The summed E-state index contributed by atoms with van der Waals surface area (Å²) in [6, 6.07) is 1.78. The van der Waals surface area contributed by atoms with Gasteiger partial charge < -0.3 is 14.2 Å². The lowest BCUT2D eigenvalue weighted by Crippen LogP contribution is -2.51. The first-order valence-corrected chi connectivity index (χ1v) is 10.6. The van der Waals surface area contributed by atoms with Crippen LogP contribution < -0.4 is 9.64 Å². The molecule has 0 radical (unpaired) electrons. The Hall–Kier alpha value is -1.90. The molecule has 2 atom stereocenters. The number of amides is 1. The van der Waals surface area contributed by atoms with E-state index in [2.05, 4.69) is 0 Å². The van der Waals surface area contributed by atoms with Gasteiger partial charge in [-0.2, -0.15) is 0 Å². The Morgan fingerprint density at radius 2 is 2.07 bits per heavy atom. The van der Waals surface area contributed by atoms with Crippen molar-refractivity contribution in [2.24, 2.45) is 5.92 Å². The topological polar surface area (TPSA) is 68.3 Å². The quantitative estimate of drug-likeness (QED) is 0.604. The molecule has 7 nitrogen and oxygen atoms in total. The molecule has 166 valence electrons. The highest BCUT2D eigenvalue weighted by atomic mass is 35.5. The molecule has 1 aromatic carbocycles. The van der Waals surface area contributed by atoms with Gasteiger partial charge in [-0.3, -0.25) is 14.6 Å². The van der Waals surface area contributed by atoms with Crippen molar-refractivity contribution in [3.05, 3.63) is 23.0 Å². The van der Waals surface area contributed by atoms with Gasteiger partial charge in [0.2, 0.25) is 5.91 Å². The van der Waals surface area contributed by atoms with Gasteiger partial charge in [0.25, 0.3) is 0 Å². The fraction of sp³-hybridized carbons (Fsp3) is 0.619. The molecule has 3 rings (SSSR count). The molecule has 0 spiro atoms. The van der Waals surface area contributed by atoms with Crippen LogP contribution in [0.1, 0.15) is 34.1 Å². The number of halogens is 2. The molecule has 2 heterocycles. The van der Waals surface area contributed by atoms with E-state index in [0.717, 1.165) is 11.0 Å². The van der Waals surface area contributed by atoms with E-state index in [1.165, 1.54) is 6.07 Å². The van der Waals surface area contributed by atoms with E-state index in [0.29, 0.717) is 25.5 Å². The van der Waals surface area contributed by atoms with Crippen LogP contribution in [0.4, 0.5) is 10.1 Å². The van der Waals surface area contributed by atoms with Crippen LogP contribution in [-0.4, -0.2) is 61.5 Å². The number of benzene rings is 1. The molecule has 0 saturated carbocycles. The third kappa shape index (κ3) is 4.71. The Kier molecular flexibility index (Phi) is 7.21. The van der Waals surface area contributed by atoms with Gasteiger partial charge in [0, 0.05) is 12.6 Å². The number of morpholine rings is 1. The smallest absolute Gasteiger partial charge is 0.344 e. The van der Waals surface area contributed by atoms with Crippen LogP contribution in [0.15, 0.2) is 12.1 Å². The molecule has 2 saturated heterocycles. The lowest BCUT2D eigenvalue weighted by molar-refractivity contribution is -0.151. The zero-order valence-electron chi connectivity index (χ0n) is 17.7. The number of hydrogen-bond acceptors (Lipinski definition) is 6. The van der Waals surface area contributed by atoms with Gasteiger partial charge in [-0.05, 0) is 32.3 Å². The van der Waals surface area contributed by atoms with Crippen molar-refractivity contribution in [1.29, 1.82) is 0 Å². The SMILES string of the molecule is CC(C)CCOC(=O)C1N(c2cc(OC(C)C)c(Cl)cc2F)C(=O)C2COCCN21. The van der Waals surface area contributed by atoms with Crippen LogP contribution in [0.5, 0.6) is 5.75 Å². The van der Waals surface area contributed by atoms with Gasteiger partial charge in [0.15, 0.2) is 6.17 Å². The Labute approximate surface area is 181 Å². The predicted octanol–water partition coefficient (Wildman–Crippen LogP) is 3.23. The van der Waals surface area contributed by atoms with Crippen molar-refractivity contribution in [2.45, 2.75) is 52.4 Å². The normalized spacial score (nSPS) is 22.0. The zero-order chi connectivity index (χ0) is 22.0. The van der Waals surface area contributed by atoms with Crippen molar-refractivity contribution >= 4 is 29.2 Å². The molecule has 0 aromatic heterocycles. The van der Waals surface area contributed by atoms with E-state index in [1.54, 1.807) is 4.90 Å². The number of nitrogens with zero attached hydrogens (tertiary/aromatic N) is 2. The van der Waals surface area contributed by atoms with Crippen LogP contribution in [0.2, 0.25) is 5.02 Å². The molecule has 2 unspecified atom stereocenters. The first-order chi connectivity index (χ1) is 14.2. The van der Waals surface area contributed by atoms with E-state index < -0.39 is 29.9 Å². The summed E-state index contributed by atoms with van der Waals surface area (Å²) in [5.74, 6) is -1.12. The molecule has 9 heteroatoms. The van der Waals surface area contributed by atoms with Gasteiger partial charge in [0.05, 0.1) is 36.6 Å². The van der Waals surface area contributed by atoms with Gasteiger partial charge in [0.1, 0.15) is 17.6 Å². The highest BCUT2D eigenvalue weighted by molar-refractivity contribution is 6.32. The molecule has 2 aliphatic heterocycles. The Morgan fingerprint density at radius 3 is 2.73 bits per heavy atom. The average molecular weight is 443 g/mol. The Balaban J connectivity index is 1.97. The van der Waals surface area contributed by atoms with E-state index in [4.69, 9.17) is 25.8 Å². The van der Waals surface area contributed by atoms with E-state index >= 15 is 0 Å². The minimum Gasteiger partial charge on any atom is -0.489 e. The summed E-state index contributed by atoms with van der Waals surface area (Å²) in [5, 5.41) is 0.0914. The molecule has 1 aromatic rings. The van der Waals surface area contributed by atoms with E-state index in [1.807, 2.05) is 27.7 Å². The number of ether oxygens (including phenoxy) is 3. The lowest BCUT2D eigenvalue weighted by Gasteiger charge is -2.32. The predicted molar refractivity (Wildman–Crippen MR) is 110 cm³/mol. The summed E-state index contributed by atoms with van der Waals surface area (Å²) >= 11 is 6.12. The first-order valence-electron chi connectivity index (χ1n) is 10.2. The van der Waals surface area contributed by atoms with Gasteiger partial charge in [-0.15, -0.1) is 0 Å². The van der Waals surface area contributed by atoms with Crippen LogP contribution in [0, 0.1) is 11.7 Å². The van der Waals surface area contributed by atoms with Crippen molar-refractivity contribution in [1.82, 2.24) is 4.90 Å². The average Bonchev–Trinajstić information content (AvgIpc) is 2.96. The molecule has 1 amide bonds. The summed E-state index contributed by atoms with van der Waals surface area (Å²) in [7, 11) is 0. The van der Waals surface area contributed by atoms with Crippen LogP contribution in [0.25, 0.3) is 0 Å². The van der Waals surface area contributed by atoms with Gasteiger partial charge >= 0.3 is 5.97 Å². The van der Waals surface area contributed by atoms with Gasteiger partial charge in [-0.1, -0.05) is 25.4 Å². The fourth-order valence-electron chi connectivity index (χ4n) is 3.56. The number of rotatable bonds is 7. The first kappa shape index (κ1) is 22.8. The highest BCUT2D eigenvalue weighted by Crippen LogP contribution is 2.38. The summed E-state index contributed by atoms with van der Waals surface area (Å²) in [6.45, 7) is 8.77. The van der Waals surface area contributed by atoms with Crippen LogP contribution in [0.3, 0.4) is 0 Å². The van der Waals surface area contributed by atoms with Crippen molar-refractivity contribution in [2.75, 3.05) is 31.3 Å². The number of carbonyl (C=O) groups excluding carboxylic acids is 2. The minimum absolute atomic E-state index is 0.0692. The summed E-state index contributed by atoms with van der Waals surface area (Å²) in [4.78, 5) is 29.0. The highest BCUT2D eigenvalue weighted by Gasteiger charge is 2.52. The zero-order valence-corrected chi connectivity index (χ0v) is 18.4. The Bertz CT molecular complexity index is 804. The molecule has 0 N–H and O–H groups in total. The number of carbonyl (C=O) groups is 2. The monoisotopic (exact) mass is 442 g/mol. The van der Waals surface area contributed by atoms with E-state index in [-0.39, 0.29) is 35.8 Å². The number of esters is 1. The minimum atomic E-state index is -1.07. The van der Waals surface area contributed by atoms with Crippen LogP contribution in [-0.2, 0) is 19.1 Å². The standard InChI is InChI=1S/C21H28ClFN2O5/c1-12(2)5-7-29-21(27)19-24-6-8-28-11-17(24)20(26)25(19)16-10-18(30-13(3)4)14(22)9-15(16)23/h9-10,12-13,17,19H,5-8,11H2,1-4H3. The summed E-state index contributed by atoms with van der Waals surface area (Å²) < 4.78 is 31.5. The second-order valence-corrected chi connectivity index (χ2v) is 8.57. The maximum atomic E-state index is 14.9. The molecular weight excluding hydrogens is 415 g/mol. The third-order valence-electron chi connectivity index (χ3n) is 5.02. The summed E-state index contributed by atoms with van der Waals surface area (Å²) in [5.41, 5.74) is -0.0692. The second-order valence-electron chi connectivity index (χ2n) is 8.16. The molecule has 2 aliphatic rings. The molecule has 0 bridgehead atoms. The molecule has 0 aliphatic carbocycles. The third-order valence-corrected chi connectivity index (χ3v) is 5.32. The van der Waals surface area contributed by atoms with Crippen molar-refractivity contribution in [3.63, 3.8) is 0 Å². The fourth-order valence-corrected chi connectivity index (χ4v) is 3.75. The second kappa shape index (κ2) is 9.49. The maximum Gasteiger partial charge on any atom is 0.344 e. The number of anilines is 1. The van der Waals surface area contributed by atoms with Crippen LogP contribution >= 0.6 is 11.6 Å². The maximum absolute atomic E-state index is 14.9. The van der Waals surface area contributed by atoms with Crippen molar-refractivity contribution in [3.8, 4) is 5.75 Å². The number of fused-ring (bicyclic) bond motifs is 1. The molecule has 30 heavy (non-hydrogen) atoms. The van der Waals surface area contributed by atoms with E-state index in [9.17, 15) is 14.0 Å². The Morgan fingerprint density at radius 1 is 1.33 bits per heavy atom. The van der Waals surface area contributed by atoms with Crippen molar-refractivity contribution < 1.29 is 28.2 Å².